The number of carbonyl (C=O) groups excluding carboxylic acids is 1. The average Bonchev–Trinajstić information content (AvgIpc) is 2.50. The van der Waals surface area contributed by atoms with E-state index in [1.54, 1.807) is 0 Å². The molecule has 1 unspecified atom stereocenters. The van der Waals surface area contributed by atoms with Crippen LogP contribution in [0, 0.1) is 0 Å². The zero-order chi connectivity index (χ0) is 15.1. The van der Waals surface area contributed by atoms with Gasteiger partial charge >= 0.3 is 0 Å². The minimum atomic E-state index is -0.260. The van der Waals surface area contributed by atoms with Crippen molar-refractivity contribution < 1.29 is 9.90 Å². The van der Waals surface area contributed by atoms with E-state index in [1.807, 2.05) is 54.6 Å². The number of amides is 1. The van der Waals surface area contributed by atoms with Crippen molar-refractivity contribution in [3.05, 3.63) is 65.7 Å². The fraction of sp³-hybridized carbons (Fsp3) is 0.235. The molecular weight excluding hydrogens is 282 g/mol. The van der Waals surface area contributed by atoms with E-state index in [4.69, 9.17) is 0 Å². The predicted octanol–water partition coefficient (Wildman–Crippen LogP) is 2.24. The van der Waals surface area contributed by atoms with Crippen LogP contribution in [-0.2, 0) is 17.6 Å². The maximum Gasteiger partial charge on any atom is 0.224 e. The van der Waals surface area contributed by atoms with Crippen LogP contribution in [0.5, 0.6) is 0 Å². The monoisotopic (exact) mass is 301 g/mol. The van der Waals surface area contributed by atoms with Gasteiger partial charge in [-0.05, 0) is 29.7 Å². The molecule has 0 aliphatic rings. The lowest BCUT2D eigenvalue weighted by molar-refractivity contribution is -0.121. The molecule has 0 bridgehead atoms. The highest BCUT2D eigenvalue weighted by Gasteiger charge is 2.12. The number of carbonyl (C=O) groups is 1. The Labute approximate surface area is 130 Å². The van der Waals surface area contributed by atoms with Crippen LogP contribution in [0.2, 0.25) is 0 Å². The van der Waals surface area contributed by atoms with Gasteiger partial charge in [0, 0.05) is 4.90 Å². The van der Waals surface area contributed by atoms with E-state index in [9.17, 15) is 9.90 Å². The van der Waals surface area contributed by atoms with Gasteiger partial charge < -0.3 is 10.4 Å². The molecule has 0 heterocycles. The van der Waals surface area contributed by atoms with E-state index in [0.29, 0.717) is 12.8 Å². The average molecular weight is 301 g/mol. The molecule has 0 saturated heterocycles. The third kappa shape index (κ3) is 5.25. The van der Waals surface area contributed by atoms with Crippen LogP contribution < -0.4 is 5.32 Å². The van der Waals surface area contributed by atoms with Crippen LogP contribution in [0.25, 0.3) is 0 Å². The van der Waals surface area contributed by atoms with Gasteiger partial charge in [0.2, 0.25) is 5.91 Å². The zero-order valence-electron chi connectivity index (χ0n) is 11.7. The molecule has 2 aromatic carbocycles. The normalized spacial score (nSPS) is 11.9. The third-order valence-corrected chi connectivity index (χ3v) is 3.51. The highest BCUT2D eigenvalue weighted by atomic mass is 32.1. The number of nitrogens with one attached hydrogen (secondary N) is 1. The third-order valence-electron chi connectivity index (χ3n) is 3.21. The lowest BCUT2D eigenvalue weighted by Gasteiger charge is -2.16. The molecule has 110 valence electrons. The number of hydrogen-bond donors (Lipinski definition) is 3. The van der Waals surface area contributed by atoms with Crippen molar-refractivity contribution in [2.24, 2.45) is 0 Å². The number of hydrogen-bond acceptors (Lipinski definition) is 3. The number of aliphatic hydroxyl groups is 1. The Morgan fingerprint density at radius 3 is 2.33 bits per heavy atom. The number of rotatable bonds is 6. The van der Waals surface area contributed by atoms with Gasteiger partial charge in [-0.1, -0.05) is 42.5 Å². The van der Waals surface area contributed by atoms with Crippen molar-refractivity contribution in [2.45, 2.75) is 23.8 Å². The van der Waals surface area contributed by atoms with Crippen molar-refractivity contribution in [3.8, 4) is 0 Å². The molecule has 0 spiro atoms. The molecule has 4 heteroatoms. The van der Waals surface area contributed by atoms with Crippen molar-refractivity contribution in [1.82, 2.24) is 5.32 Å². The van der Waals surface area contributed by atoms with Crippen LogP contribution >= 0.6 is 12.6 Å². The van der Waals surface area contributed by atoms with Gasteiger partial charge in [-0.25, -0.2) is 0 Å². The predicted molar refractivity (Wildman–Crippen MR) is 86.6 cm³/mol. The van der Waals surface area contributed by atoms with E-state index in [-0.39, 0.29) is 18.6 Å². The maximum absolute atomic E-state index is 12.0. The number of thiol groups is 1. The van der Waals surface area contributed by atoms with Crippen molar-refractivity contribution in [3.63, 3.8) is 0 Å². The largest absolute Gasteiger partial charge is 0.394 e. The molecule has 0 aliphatic heterocycles. The Morgan fingerprint density at radius 1 is 1.05 bits per heavy atom. The van der Waals surface area contributed by atoms with E-state index in [1.165, 1.54) is 0 Å². The van der Waals surface area contributed by atoms with Gasteiger partial charge in [0.25, 0.3) is 0 Å². The Bertz CT molecular complexity index is 569. The van der Waals surface area contributed by atoms with Crippen molar-refractivity contribution in [1.29, 1.82) is 0 Å². The van der Waals surface area contributed by atoms with Crippen molar-refractivity contribution in [2.75, 3.05) is 6.61 Å². The molecule has 21 heavy (non-hydrogen) atoms. The maximum atomic E-state index is 12.0. The van der Waals surface area contributed by atoms with Gasteiger partial charge in [0.1, 0.15) is 0 Å². The molecule has 0 aliphatic carbocycles. The molecule has 1 atom stereocenters. The van der Waals surface area contributed by atoms with Crippen LogP contribution in [0.3, 0.4) is 0 Å². The second-order valence-corrected chi connectivity index (χ2v) is 5.50. The molecule has 1 amide bonds. The minimum absolute atomic E-state index is 0.0732. The van der Waals surface area contributed by atoms with Crippen LogP contribution in [-0.4, -0.2) is 23.7 Å². The van der Waals surface area contributed by atoms with Crippen LogP contribution in [0.15, 0.2) is 59.5 Å². The summed E-state index contributed by atoms with van der Waals surface area (Å²) in [6.07, 6.45) is 0.929. The lowest BCUT2D eigenvalue weighted by Crippen LogP contribution is -2.39. The minimum Gasteiger partial charge on any atom is -0.394 e. The summed E-state index contributed by atoms with van der Waals surface area (Å²) >= 11 is 4.21. The molecule has 2 rings (SSSR count). The smallest absolute Gasteiger partial charge is 0.224 e. The quantitative estimate of drug-likeness (QED) is 0.717. The molecule has 0 radical (unpaired) electrons. The highest BCUT2D eigenvalue weighted by Crippen LogP contribution is 2.09. The molecule has 2 aromatic rings. The van der Waals surface area contributed by atoms with Gasteiger partial charge in [-0.15, -0.1) is 12.6 Å². The van der Waals surface area contributed by atoms with Crippen LogP contribution in [0.4, 0.5) is 0 Å². The second-order valence-electron chi connectivity index (χ2n) is 4.98. The Hall–Kier alpha value is -1.78. The Balaban J connectivity index is 1.89. The van der Waals surface area contributed by atoms with Gasteiger partial charge in [-0.3, -0.25) is 4.79 Å². The van der Waals surface area contributed by atoms with Gasteiger partial charge in [-0.2, -0.15) is 0 Å². The summed E-state index contributed by atoms with van der Waals surface area (Å²) < 4.78 is 0. The SMILES string of the molecule is O=C(Cc1ccc(S)cc1)NC(CO)Cc1ccccc1. The molecule has 0 aromatic heterocycles. The highest BCUT2D eigenvalue weighted by molar-refractivity contribution is 7.80. The fourth-order valence-electron chi connectivity index (χ4n) is 2.14. The van der Waals surface area contributed by atoms with E-state index in [2.05, 4.69) is 17.9 Å². The summed E-state index contributed by atoms with van der Waals surface area (Å²) in [7, 11) is 0. The first-order chi connectivity index (χ1) is 10.2. The van der Waals surface area contributed by atoms with Crippen molar-refractivity contribution >= 4 is 18.5 Å². The summed E-state index contributed by atoms with van der Waals surface area (Å²) in [5.41, 5.74) is 2.03. The number of benzene rings is 2. The Morgan fingerprint density at radius 2 is 1.71 bits per heavy atom. The summed E-state index contributed by atoms with van der Waals surface area (Å²) in [4.78, 5) is 12.9. The zero-order valence-corrected chi connectivity index (χ0v) is 12.6. The standard InChI is InChI=1S/C17H19NO2S/c19-12-15(10-13-4-2-1-3-5-13)18-17(20)11-14-6-8-16(21)9-7-14/h1-9,15,19,21H,10-12H2,(H,18,20). The summed E-state index contributed by atoms with van der Waals surface area (Å²) in [5.74, 6) is -0.0862. The molecule has 0 fully saturated rings. The fourth-order valence-corrected chi connectivity index (χ4v) is 2.29. The first-order valence-corrected chi connectivity index (χ1v) is 7.34. The topological polar surface area (TPSA) is 49.3 Å². The van der Waals surface area contributed by atoms with E-state index >= 15 is 0 Å². The van der Waals surface area contributed by atoms with Gasteiger partial charge in [0.05, 0.1) is 19.1 Å². The first-order valence-electron chi connectivity index (χ1n) is 6.89. The van der Waals surface area contributed by atoms with Crippen LogP contribution in [0.1, 0.15) is 11.1 Å². The van der Waals surface area contributed by atoms with E-state index in [0.717, 1.165) is 16.0 Å². The molecule has 2 N–H and O–H groups in total. The summed E-state index contributed by atoms with van der Waals surface area (Å²) in [6, 6.07) is 17.0. The molecule has 0 saturated carbocycles. The molecule has 3 nitrogen and oxygen atoms in total. The Kier molecular flexibility index (Phi) is 5.84. The molecular formula is C17H19NO2S. The lowest BCUT2D eigenvalue weighted by atomic mass is 10.1. The summed E-state index contributed by atoms with van der Waals surface area (Å²) in [5, 5.41) is 12.3. The first kappa shape index (κ1) is 15.6. The van der Waals surface area contributed by atoms with Gasteiger partial charge in [0.15, 0.2) is 0 Å². The summed E-state index contributed by atoms with van der Waals surface area (Å²) in [6.45, 7) is -0.0732. The second kappa shape index (κ2) is 7.86. The van der Waals surface area contributed by atoms with E-state index < -0.39 is 0 Å². The number of aliphatic hydroxyl groups excluding tert-OH is 1.